The van der Waals surface area contributed by atoms with Crippen molar-refractivity contribution < 1.29 is 4.79 Å². The third-order valence-corrected chi connectivity index (χ3v) is 3.55. The number of benzene rings is 1. The van der Waals surface area contributed by atoms with Crippen molar-refractivity contribution in [2.45, 2.75) is 32.4 Å². The highest BCUT2D eigenvalue weighted by Gasteiger charge is 2.31. The Hall–Kier alpha value is -1.81. The topological polar surface area (TPSA) is 48.1 Å². The lowest BCUT2D eigenvalue weighted by molar-refractivity contribution is -0.117. The molecule has 1 aliphatic rings. The van der Waals surface area contributed by atoms with Crippen LogP contribution in [0.15, 0.2) is 30.5 Å². The van der Waals surface area contributed by atoms with E-state index in [1.54, 1.807) is 0 Å². The smallest absolute Gasteiger partial charge is 0.228 e. The third-order valence-electron chi connectivity index (χ3n) is 3.55. The van der Waals surface area contributed by atoms with E-state index in [1.807, 2.05) is 29.3 Å². The van der Waals surface area contributed by atoms with Gasteiger partial charge in [0.2, 0.25) is 5.91 Å². The van der Waals surface area contributed by atoms with Crippen LogP contribution in [-0.4, -0.2) is 29.5 Å². The second-order valence-electron chi connectivity index (χ2n) is 5.45. The largest absolute Gasteiger partial charge is 0.359 e. The Morgan fingerprint density at radius 3 is 2.95 bits per heavy atom. The Morgan fingerprint density at radius 1 is 1.37 bits per heavy atom. The average Bonchev–Trinajstić information content (AvgIpc) is 2.92. The lowest BCUT2D eigenvalue weighted by atomic mass is 10.2. The lowest BCUT2D eigenvalue weighted by Gasteiger charge is -2.17. The maximum Gasteiger partial charge on any atom is 0.228 e. The van der Waals surface area contributed by atoms with Gasteiger partial charge in [0, 0.05) is 42.1 Å². The molecule has 2 aromatic rings. The summed E-state index contributed by atoms with van der Waals surface area (Å²) in [5.41, 5.74) is 2.07. The number of hydrogen-bond donors (Lipinski definition) is 2. The van der Waals surface area contributed by atoms with Gasteiger partial charge in [0.25, 0.3) is 0 Å². The molecule has 1 aliphatic heterocycles. The summed E-state index contributed by atoms with van der Waals surface area (Å²) in [6.07, 6.45) is 2.51. The van der Waals surface area contributed by atoms with Gasteiger partial charge in [-0.3, -0.25) is 4.79 Å². The minimum Gasteiger partial charge on any atom is -0.359 e. The van der Waals surface area contributed by atoms with Crippen LogP contribution in [0.1, 0.15) is 20.3 Å². The van der Waals surface area contributed by atoms with Crippen molar-refractivity contribution in [1.82, 2.24) is 10.3 Å². The summed E-state index contributed by atoms with van der Waals surface area (Å²) in [6, 6.07) is 8.74. The number of nitrogens with zero attached hydrogens (tertiary/aromatic N) is 1. The van der Waals surface area contributed by atoms with E-state index in [1.165, 1.54) is 0 Å². The van der Waals surface area contributed by atoms with Crippen molar-refractivity contribution >= 4 is 22.5 Å². The summed E-state index contributed by atoms with van der Waals surface area (Å²) in [5.74, 6) is 0.197. The van der Waals surface area contributed by atoms with Crippen LogP contribution >= 0.6 is 0 Å². The van der Waals surface area contributed by atoms with Crippen molar-refractivity contribution in [2.24, 2.45) is 0 Å². The standard InChI is InChI=1S/C15H19N3O/c1-10(2)17-11-7-15(19)18(9-11)14-8-16-13-6-4-3-5-12(13)14/h3-6,8,10-11,16-17H,7,9H2,1-2H3. The van der Waals surface area contributed by atoms with Crippen LogP contribution in [0.3, 0.4) is 0 Å². The van der Waals surface area contributed by atoms with Crippen molar-refractivity contribution in [3.63, 3.8) is 0 Å². The summed E-state index contributed by atoms with van der Waals surface area (Å²) < 4.78 is 0. The highest BCUT2D eigenvalue weighted by molar-refractivity contribution is 6.04. The summed E-state index contributed by atoms with van der Waals surface area (Å²) in [4.78, 5) is 17.3. The molecule has 0 saturated carbocycles. The molecule has 2 N–H and O–H groups in total. The number of fused-ring (bicyclic) bond motifs is 1. The number of amides is 1. The molecular formula is C15H19N3O. The fraction of sp³-hybridized carbons (Fsp3) is 0.400. The first-order valence-electron chi connectivity index (χ1n) is 6.77. The highest BCUT2D eigenvalue weighted by atomic mass is 16.2. The molecule has 1 aromatic carbocycles. The average molecular weight is 257 g/mol. The summed E-state index contributed by atoms with van der Waals surface area (Å²) in [7, 11) is 0. The van der Waals surface area contributed by atoms with E-state index in [-0.39, 0.29) is 11.9 Å². The zero-order valence-electron chi connectivity index (χ0n) is 11.3. The van der Waals surface area contributed by atoms with Gasteiger partial charge >= 0.3 is 0 Å². The second kappa shape index (κ2) is 4.70. The van der Waals surface area contributed by atoms with E-state index in [0.717, 1.165) is 23.1 Å². The number of aromatic amines is 1. The van der Waals surface area contributed by atoms with Gasteiger partial charge in [0.1, 0.15) is 0 Å². The Bertz CT molecular complexity index is 602. The Balaban J connectivity index is 1.88. The Kier molecular flexibility index (Phi) is 3.03. The number of carbonyl (C=O) groups is 1. The predicted molar refractivity (Wildman–Crippen MR) is 77.3 cm³/mol. The van der Waals surface area contributed by atoms with E-state index in [9.17, 15) is 4.79 Å². The van der Waals surface area contributed by atoms with E-state index < -0.39 is 0 Å². The predicted octanol–water partition coefficient (Wildman–Crippen LogP) is 2.27. The Morgan fingerprint density at radius 2 is 2.16 bits per heavy atom. The van der Waals surface area contributed by atoms with Gasteiger partial charge < -0.3 is 15.2 Å². The van der Waals surface area contributed by atoms with Crippen LogP contribution in [0.2, 0.25) is 0 Å². The molecule has 1 fully saturated rings. The fourth-order valence-electron chi connectivity index (χ4n) is 2.80. The third kappa shape index (κ3) is 2.24. The molecule has 19 heavy (non-hydrogen) atoms. The molecule has 0 spiro atoms. The van der Waals surface area contributed by atoms with Crippen LogP contribution in [0.25, 0.3) is 10.9 Å². The van der Waals surface area contributed by atoms with Gasteiger partial charge in [-0.15, -0.1) is 0 Å². The van der Waals surface area contributed by atoms with Gasteiger partial charge in [-0.25, -0.2) is 0 Å². The number of nitrogens with one attached hydrogen (secondary N) is 2. The molecule has 0 bridgehead atoms. The monoisotopic (exact) mass is 257 g/mol. The second-order valence-corrected chi connectivity index (χ2v) is 5.45. The lowest BCUT2D eigenvalue weighted by Crippen LogP contribution is -2.37. The molecule has 0 radical (unpaired) electrons. The number of rotatable bonds is 3. The molecule has 1 amide bonds. The first-order chi connectivity index (χ1) is 9.15. The number of anilines is 1. The van der Waals surface area contributed by atoms with Crippen molar-refractivity contribution in [3.05, 3.63) is 30.5 Å². The first kappa shape index (κ1) is 12.2. The SMILES string of the molecule is CC(C)NC1CC(=O)N(c2c[nH]c3ccccc23)C1. The highest BCUT2D eigenvalue weighted by Crippen LogP contribution is 2.29. The van der Waals surface area contributed by atoms with Gasteiger partial charge in [-0.1, -0.05) is 32.0 Å². The summed E-state index contributed by atoms with van der Waals surface area (Å²) in [5, 5.41) is 4.55. The fourth-order valence-corrected chi connectivity index (χ4v) is 2.80. The van der Waals surface area contributed by atoms with Gasteiger partial charge in [0.05, 0.1) is 5.69 Å². The molecule has 1 saturated heterocycles. The normalized spacial score (nSPS) is 19.8. The van der Waals surface area contributed by atoms with Crippen LogP contribution in [-0.2, 0) is 4.79 Å². The number of para-hydroxylation sites is 1. The van der Waals surface area contributed by atoms with E-state index in [2.05, 4.69) is 30.2 Å². The zero-order valence-corrected chi connectivity index (χ0v) is 11.3. The van der Waals surface area contributed by atoms with E-state index in [4.69, 9.17) is 0 Å². The minimum atomic E-state index is 0.197. The number of carbonyl (C=O) groups excluding carboxylic acids is 1. The molecule has 4 heteroatoms. The molecule has 100 valence electrons. The van der Waals surface area contributed by atoms with Crippen LogP contribution in [0, 0.1) is 0 Å². The van der Waals surface area contributed by atoms with Crippen molar-refractivity contribution in [1.29, 1.82) is 0 Å². The van der Waals surface area contributed by atoms with E-state index >= 15 is 0 Å². The van der Waals surface area contributed by atoms with Crippen LogP contribution in [0.5, 0.6) is 0 Å². The molecule has 2 heterocycles. The van der Waals surface area contributed by atoms with Crippen LogP contribution in [0.4, 0.5) is 5.69 Å². The molecule has 3 rings (SSSR count). The zero-order chi connectivity index (χ0) is 13.4. The molecule has 1 unspecified atom stereocenters. The molecule has 1 atom stereocenters. The quantitative estimate of drug-likeness (QED) is 0.886. The van der Waals surface area contributed by atoms with E-state index in [0.29, 0.717) is 12.5 Å². The molecule has 0 aliphatic carbocycles. The Labute approximate surface area is 112 Å². The number of aromatic nitrogens is 1. The maximum absolute atomic E-state index is 12.2. The van der Waals surface area contributed by atoms with Gasteiger partial charge in [0.15, 0.2) is 0 Å². The summed E-state index contributed by atoms with van der Waals surface area (Å²) >= 11 is 0. The molecular weight excluding hydrogens is 238 g/mol. The summed E-state index contributed by atoms with van der Waals surface area (Å²) in [6.45, 7) is 4.97. The van der Waals surface area contributed by atoms with Crippen LogP contribution < -0.4 is 10.2 Å². The number of H-pyrrole nitrogens is 1. The minimum absolute atomic E-state index is 0.197. The van der Waals surface area contributed by atoms with Gasteiger partial charge in [-0.05, 0) is 6.07 Å². The van der Waals surface area contributed by atoms with Gasteiger partial charge in [-0.2, -0.15) is 0 Å². The molecule has 1 aromatic heterocycles. The maximum atomic E-state index is 12.2. The first-order valence-corrected chi connectivity index (χ1v) is 6.77. The molecule has 4 nitrogen and oxygen atoms in total. The number of hydrogen-bond acceptors (Lipinski definition) is 2. The van der Waals surface area contributed by atoms with Crippen molar-refractivity contribution in [3.8, 4) is 0 Å². The van der Waals surface area contributed by atoms with Crippen molar-refractivity contribution in [2.75, 3.05) is 11.4 Å².